The number of hydrogen-bond donors (Lipinski definition) is 1. The molecule has 0 saturated heterocycles. The SMILES string of the molecule is COc1ccc(COc2cc(Oc3c(C(O)c4ccccc4)c(C)nn3C)c(Cl)cc2Cl)cc1. The van der Waals surface area contributed by atoms with Gasteiger partial charge in [0, 0.05) is 13.1 Å². The Balaban J connectivity index is 1.61. The van der Waals surface area contributed by atoms with Gasteiger partial charge >= 0.3 is 0 Å². The number of aliphatic hydroxyl groups is 1. The van der Waals surface area contributed by atoms with Crippen molar-refractivity contribution in [1.82, 2.24) is 9.78 Å². The quantitative estimate of drug-likeness (QED) is 0.300. The summed E-state index contributed by atoms with van der Waals surface area (Å²) in [7, 11) is 3.36. The number of ether oxygens (including phenoxy) is 3. The molecular formula is C26H24Cl2N2O4. The van der Waals surface area contributed by atoms with E-state index in [0.29, 0.717) is 45.3 Å². The van der Waals surface area contributed by atoms with E-state index in [1.807, 2.05) is 61.5 Å². The second kappa shape index (κ2) is 10.4. The second-order valence-corrected chi connectivity index (χ2v) is 8.51. The Morgan fingerprint density at radius 1 is 0.971 bits per heavy atom. The number of methoxy groups -OCH3 is 1. The van der Waals surface area contributed by atoms with E-state index in [2.05, 4.69) is 5.10 Å². The zero-order valence-corrected chi connectivity index (χ0v) is 20.5. The first-order chi connectivity index (χ1) is 16.4. The number of aromatic nitrogens is 2. The van der Waals surface area contributed by atoms with Crippen molar-refractivity contribution < 1.29 is 19.3 Å². The molecule has 0 aliphatic carbocycles. The van der Waals surface area contributed by atoms with Crippen molar-refractivity contribution in [2.45, 2.75) is 19.6 Å². The van der Waals surface area contributed by atoms with Crippen molar-refractivity contribution in [3.05, 3.63) is 99.2 Å². The summed E-state index contributed by atoms with van der Waals surface area (Å²) in [5.41, 5.74) is 2.88. The lowest BCUT2D eigenvalue weighted by molar-refractivity contribution is 0.215. The van der Waals surface area contributed by atoms with Gasteiger partial charge in [0.05, 0.1) is 28.4 Å². The lowest BCUT2D eigenvalue weighted by Crippen LogP contribution is -2.04. The van der Waals surface area contributed by atoms with Crippen molar-refractivity contribution in [3.63, 3.8) is 0 Å². The van der Waals surface area contributed by atoms with Gasteiger partial charge in [-0.05, 0) is 36.2 Å². The summed E-state index contributed by atoms with van der Waals surface area (Å²) in [6.45, 7) is 2.12. The normalized spacial score (nSPS) is 11.8. The molecule has 1 aromatic heterocycles. The molecule has 176 valence electrons. The first kappa shape index (κ1) is 24.0. The number of benzene rings is 3. The molecule has 0 aliphatic rings. The number of halogens is 2. The van der Waals surface area contributed by atoms with Gasteiger partial charge in [-0.15, -0.1) is 0 Å². The predicted octanol–water partition coefficient (Wildman–Crippen LogP) is 6.50. The number of hydrogen-bond acceptors (Lipinski definition) is 5. The molecule has 4 rings (SSSR count). The van der Waals surface area contributed by atoms with Crippen LogP contribution in [0.5, 0.6) is 23.1 Å². The van der Waals surface area contributed by atoms with Gasteiger partial charge in [0.1, 0.15) is 24.2 Å². The monoisotopic (exact) mass is 498 g/mol. The van der Waals surface area contributed by atoms with Gasteiger partial charge in [-0.3, -0.25) is 0 Å². The Morgan fingerprint density at radius 2 is 1.65 bits per heavy atom. The second-order valence-electron chi connectivity index (χ2n) is 7.69. The fraction of sp³-hybridized carbons (Fsp3) is 0.192. The van der Waals surface area contributed by atoms with Crippen LogP contribution in [0.15, 0.2) is 66.7 Å². The first-order valence-corrected chi connectivity index (χ1v) is 11.3. The van der Waals surface area contributed by atoms with E-state index in [1.165, 1.54) is 0 Å². The van der Waals surface area contributed by atoms with E-state index in [0.717, 1.165) is 16.9 Å². The van der Waals surface area contributed by atoms with Crippen LogP contribution in [0.2, 0.25) is 10.0 Å². The Kier molecular flexibility index (Phi) is 7.32. The van der Waals surface area contributed by atoms with E-state index in [4.69, 9.17) is 37.4 Å². The molecule has 6 nitrogen and oxygen atoms in total. The highest BCUT2D eigenvalue weighted by molar-refractivity contribution is 6.36. The highest BCUT2D eigenvalue weighted by Gasteiger charge is 2.25. The molecule has 34 heavy (non-hydrogen) atoms. The minimum absolute atomic E-state index is 0.299. The molecule has 0 fully saturated rings. The largest absolute Gasteiger partial charge is 0.497 e. The summed E-state index contributed by atoms with van der Waals surface area (Å²) in [5.74, 6) is 1.89. The highest BCUT2D eigenvalue weighted by atomic mass is 35.5. The zero-order chi connectivity index (χ0) is 24.2. The Hall–Kier alpha value is -3.19. The average Bonchev–Trinajstić information content (AvgIpc) is 3.12. The van der Waals surface area contributed by atoms with Gasteiger partial charge in [-0.2, -0.15) is 5.10 Å². The van der Waals surface area contributed by atoms with Crippen LogP contribution in [-0.2, 0) is 13.7 Å². The number of aliphatic hydroxyl groups excluding tert-OH is 1. The van der Waals surface area contributed by atoms with Crippen molar-refractivity contribution in [2.75, 3.05) is 7.11 Å². The van der Waals surface area contributed by atoms with Gasteiger partial charge in [0.25, 0.3) is 0 Å². The molecule has 0 amide bonds. The number of aryl methyl sites for hydroxylation is 2. The molecule has 0 aliphatic heterocycles. The molecule has 0 bridgehead atoms. The van der Waals surface area contributed by atoms with E-state index in [1.54, 1.807) is 31.0 Å². The number of rotatable bonds is 8. The molecule has 1 unspecified atom stereocenters. The Morgan fingerprint density at radius 3 is 2.32 bits per heavy atom. The zero-order valence-electron chi connectivity index (χ0n) is 19.0. The third kappa shape index (κ3) is 5.14. The molecule has 1 heterocycles. The van der Waals surface area contributed by atoms with Crippen LogP contribution in [0.1, 0.15) is 28.5 Å². The molecule has 0 radical (unpaired) electrons. The van der Waals surface area contributed by atoms with Crippen LogP contribution in [0, 0.1) is 6.92 Å². The maximum Gasteiger partial charge on any atom is 0.224 e. The van der Waals surface area contributed by atoms with Crippen molar-refractivity contribution in [2.24, 2.45) is 7.05 Å². The molecule has 1 atom stereocenters. The summed E-state index contributed by atoms with van der Waals surface area (Å²) < 4.78 is 18.8. The fourth-order valence-electron chi connectivity index (χ4n) is 3.58. The highest BCUT2D eigenvalue weighted by Crippen LogP contribution is 2.41. The Bertz CT molecular complexity index is 1270. The predicted molar refractivity (Wildman–Crippen MR) is 132 cm³/mol. The van der Waals surface area contributed by atoms with Crippen molar-refractivity contribution >= 4 is 23.2 Å². The van der Waals surface area contributed by atoms with Gasteiger partial charge in [0.2, 0.25) is 5.88 Å². The van der Waals surface area contributed by atoms with Gasteiger partial charge in [0.15, 0.2) is 5.75 Å². The molecule has 1 N–H and O–H groups in total. The van der Waals surface area contributed by atoms with Crippen molar-refractivity contribution in [1.29, 1.82) is 0 Å². The van der Waals surface area contributed by atoms with Crippen LogP contribution in [-0.4, -0.2) is 22.0 Å². The minimum atomic E-state index is -0.915. The summed E-state index contributed by atoms with van der Waals surface area (Å²) >= 11 is 12.8. The molecule has 8 heteroatoms. The summed E-state index contributed by atoms with van der Waals surface area (Å²) in [5, 5.41) is 16.1. The van der Waals surface area contributed by atoms with Crippen molar-refractivity contribution in [3.8, 4) is 23.1 Å². The van der Waals surface area contributed by atoms with Crippen LogP contribution >= 0.6 is 23.2 Å². The summed E-state index contributed by atoms with van der Waals surface area (Å²) in [6.07, 6.45) is -0.915. The van der Waals surface area contributed by atoms with Crippen LogP contribution in [0.4, 0.5) is 0 Å². The number of nitrogens with zero attached hydrogens (tertiary/aromatic N) is 2. The maximum atomic E-state index is 11.0. The molecule has 0 saturated carbocycles. The summed E-state index contributed by atoms with van der Waals surface area (Å²) in [6, 6.07) is 20.1. The minimum Gasteiger partial charge on any atom is -0.497 e. The van der Waals surface area contributed by atoms with E-state index >= 15 is 0 Å². The van der Waals surface area contributed by atoms with Crippen LogP contribution in [0.25, 0.3) is 0 Å². The standard InChI is InChI=1S/C26H24Cl2N2O4/c1-16-24(25(31)18-7-5-4-6-8-18)26(30(2)29-16)34-23-14-22(20(27)13-21(23)28)33-15-17-9-11-19(32-3)12-10-17/h4-14,25,31H,15H2,1-3H3. The molecule has 0 spiro atoms. The molecule has 3 aromatic carbocycles. The average molecular weight is 499 g/mol. The topological polar surface area (TPSA) is 65.7 Å². The third-order valence-electron chi connectivity index (χ3n) is 5.35. The van der Waals surface area contributed by atoms with Crippen LogP contribution < -0.4 is 14.2 Å². The third-order valence-corrected chi connectivity index (χ3v) is 5.94. The van der Waals surface area contributed by atoms with Crippen LogP contribution in [0.3, 0.4) is 0 Å². The molecular weight excluding hydrogens is 475 g/mol. The lowest BCUT2D eigenvalue weighted by Gasteiger charge is -2.16. The van der Waals surface area contributed by atoms with Gasteiger partial charge < -0.3 is 19.3 Å². The van der Waals surface area contributed by atoms with Gasteiger partial charge in [-0.25, -0.2) is 4.68 Å². The van der Waals surface area contributed by atoms with E-state index in [-0.39, 0.29) is 0 Å². The maximum absolute atomic E-state index is 11.0. The smallest absolute Gasteiger partial charge is 0.224 e. The summed E-state index contributed by atoms with van der Waals surface area (Å²) in [4.78, 5) is 0. The Labute approximate surface area is 208 Å². The first-order valence-electron chi connectivity index (χ1n) is 10.6. The molecule has 4 aromatic rings. The van der Waals surface area contributed by atoms with E-state index < -0.39 is 6.10 Å². The van der Waals surface area contributed by atoms with E-state index in [9.17, 15) is 5.11 Å². The van der Waals surface area contributed by atoms with Gasteiger partial charge in [-0.1, -0.05) is 65.7 Å². The fourth-order valence-corrected chi connectivity index (χ4v) is 4.05. The lowest BCUT2D eigenvalue weighted by atomic mass is 10.0.